The molecule has 0 fully saturated rings. The van der Waals surface area contributed by atoms with Crippen LogP contribution in [0.4, 0.5) is 4.39 Å². The predicted octanol–water partition coefficient (Wildman–Crippen LogP) is 5.08. The van der Waals surface area contributed by atoms with E-state index in [0.29, 0.717) is 11.3 Å². The predicted molar refractivity (Wildman–Crippen MR) is 74.3 cm³/mol. The van der Waals surface area contributed by atoms with Gasteiger partial charge < -0.3 is 4.74 Å². The fraction of sp³-hybridized carbons (Fsp3) is 0.143. The smallest absolute Gasteiger partial charge is 0.167 e. The highest BCUT2D eigenvalue weighted by molar-refractivity contribution is 7.98. The summed E-state index contributed by atoms with van der Waals surface area (Å²) >= 11 is 7.41. The highest BCUT2D eigenvalue weighted by Crippen LogP contribution is 2.30. The van der Waals surface area contributed by atoms with Crippen molar-refractivity contribution in [3.63, 3.8) is 0 Å². The van der Waals surface area contributed by atoms with Gasteiger partial charge in [-0.15, -0.1) is 23.4 Å². The number of rotatable bonds is 4. The Morgan fingerprint density at radius 3 is 2.50 bits per heavy atom. The standard InChI is InChI=1S/C14H12ClFOS/c1-18-12-7-5-11(6-8-12)17-14-10(9-15)3-2-4-13(14)16/h2-8H,9H2,1H3. The van der Waals surface area contributed by atoms with Crippen molar-refractivity contribution in [2.24, 2.45) is 0 Å². The molecule has 4 heteroatoms. The van der Waals surface area contributed by atoms with Crippen LogP contribution in [0.2, 0.25) is 0 Å². The van der Waals surface area contributed by atoms with E-state index in [1.165, 1.54) is 6.07 Å². The van der Waals surface area contributed by atoms with Crippen LogP contribution in [0, 0.1) is 5.82 Å². The molecule has 0 N–H and O–H groups in total. The Morgan fingerprint density at radius 1 is 1.17 bits per heavy atom. The molecule has 1 nitrogen and oxygen atoms in total. The van der Waals surface area contributed by atoms with Crippen LogP contribution in [-0.2, 0) is 5.88 Å². The van der Waals surface area contributed by atoms with Crippen LogP contribution in [0.5, 0.6) is 11.5 Å². The lowest BCUT2D eigenvalue weighted by Crippen LogP contribution is -1.93. The zero-order valence-electron chi connectivity index (χ0n) is 9.82. The van der Waals surface area contributed by atoms with Gasteiger partial charge in [-0.1, -0.05) is 12.1 Å². The number of alkyl halides is 1. The van der Waals surface area contributed by atoms with Crippen LogP contribution in [0.15, 0.2) is 47.4 Å². The third-order valence-corrected chi connectivity index (χ3v) is 3.50. The minimum atomic E-state index is -0.401. The van der Waals surface area contributed by atoms with E-state index in [1.807, 2.05) is 30.5 Å². The summed E-state index contributed by atoms with van der Waals surface area (Å²) in [5, 5.41) is 0. The second kappa shape index (κ2) is 6.12. The number of thioether (sulfide) groups is 1. The molecule has 0 aliphatic carbocycles. The molecule has 0 unspecified atom stereocenters. The zero-order valence-corrected chi connectivity index (χ0v) is 11.4. The van der Waals surface area contributed by atoms with Crippen molar-refractivity contribution in [3.05, 3.63) is 53.8 Å². The molecule has 0 aliphatic rings. The third kappa shape index (κ3) is 2.98. The van der Waals surface area contributed by atoms with Crippen LogP contribution in [0.3, 0.4) is 0 Å². The van der Waals surface area contributed by atoms with Crippen LogP contribution in [-0.4, -0.2) is 6.26 Å². The first-order chi connectivity index (χ1) is 8.74. The van der Waals surface area contributed by atoms with Gasteiger partial charge in [0.05, 0.1) is 5.88 Å². The van der Waals surface area contributed by atoms with Crippen LogP contribution in [0.1, 0.15) is 5.56 Å². The molecule has 18 heavy (non-hydrogen) atoms. The summed E-state index contributed by atoms with van der Waals surface area (Å²) in [5.41, 5.74) is 0.644. The highest BCUT2D eigenvalue weighted by Gasteiger charge is 2.10. The third-order valence-electron chi connectivity index (χ3n) is 2.47. The molecule has 0 saturated heterocycles. The summed E-state index contributed by atoms with van der Waals surface area (Å²) in [5.74, 6) is 0.617. The van der Waals surface area contributed by atoms with E-state index >= 15 is 0 Å². The Labute approximate surface area is 115 Å². The number of para-hydroxylation sites is 1. The minimum absolute atomic E-state index is 0.199. The molecule has 94 valence electrons. The van der Waals surface area contributed by atoms with E-state index in [4.69, 9.17) is 16.3 Å². The lowest BCUT2D eigenvalue weighted by molar-refractivity contribution is 0.438. The van der Waals surface area contributed by atoms with Crippen molar-refractivity contribution >= 4 is 23.4 Å². The number of hydrogen-bond acceptors (Lipinski definition) is 2. The van der Waals surface area contributed by atoms with Gasteiger partial charge in [-0.3, -0.25) is 0 Å². The number of halogens is 2. The summed E-state index contributed by atoms with van der Waals surface area (Å²) in [6.07, 6.45) is 2.00. The van der Waals surface area contributed by atoms with Gasteiger partial charge in [-0.2, -0.15) is 0 Å². The van der Waals surface area contributed by atoms with Gasteiger partial charge in [-0.25, -0.2) is 4.39 Å². The number of ether oxygens (including phenoxy) is 1. The van der Waals surface area contributed by atoms with Crippen molar-refractivity contribution in [2.45, 2.75) is 10.8 Å². The van der Waals surface area contributed by atoms with Crippen molar-refractivity contribution in [3.8, 4) is 11.5 Å². The summed E-state index contributed by atoms with van der Waals surface area (Å²) in [6.45, 7) is 0. The van der Waals surface area contributed by atoms with Gasteiger partial charge in [0, 0.05) is 10.5 Å². The molecule has 0 saturated carbocycles. The van der Waals surface area contributed by atoms with E-state index in [-0.39, 0.29) is 11.6 Å². The molecule has 0 heterocycles. The fourth-order valence-electron chi connectivity index (χ4n) is 1.53. The SMILES string of the molecule is CSc1ccc(Oc2c(F)cccc2CCl)cc1. The maximum absolute atomic E-state index is 13.7. The lowest BCUT2D eigenvalue weighted by Gasteiger charge is -2.10. The summed E-state index contributed by atoms with van der Waals surface area (Å²) in [4.78, 5) is 1.13. The van der Waals surface area contributed by atoms with Gasteiger partial charge in [0.1, 0.15) is 5.75 Å². The summed E-state index contributed by atoms with van der Waals surface area (Å²) in [7, 11) is 0. The van der Waals surface area contributed by atoms with E-state index in [0.717, 1.165) is 4.90 Å². The normalized spacial score (nSPS) is 10.4. The quantitative estimate of drug-likeness (QED) is 0.571. The van der Waals surface area contributed by atoms with Crippen LogP contribution < -0.4 is 4.74 Å². The summed E-state index contributed by atoms with van der Waals surface area (Å²) in [6, 6.07) is 12.2. The van der Waals surface area contributed by atoms with E-state index < -0.39 is 5.82 Å². The molecule has 2 rings (SSSR count). The molecule has 2 aromatic carbocycles. The molecular weight excluding hydrogens is 271 g/mol. The summed E-state index contributed by atoms with van der Waals surface area (Å²) < 4.78 is 19.2. The van der Waals surface area contributed by atoms with Crippen molar-refractivity contribution < 1.29 is 9.13 Å². The van der Waals surface area contributed by atoms with E-state index in [2.05, 4.69) is 0 Å². The second-order valence-corrected chi connectivity index (χ2v) is 4.79. The molecular formula is C14H12ClFOS. The first-order valence-corrected chi connectivity index (χ1v) is 7.16. The van der Waals surface area contributed by atoms with E-state index in [1.54, 1.807) is 23.9 Å². The average molecular weight is 283 g/mol. The molecule has 0 amide bonds. The van der Waals surface area contributed by atoms with Gasteiger partial charge >= 0.3 is 0 Å². The van der Waals surface area contributed by atoms with Crippen molar-refractivity contribution in [2.75, 3.05) is 6.26 Å². The second-order valence-electron chi connectivity index (χ2n) is 3.64. The highest BCUT2D eigenvalue weighted by atomic mass is 35.5. The molecule has 2 aromatic rings. The molecule has 0 radical (unpaired) electrons. The van der Waals surface area contributed by atoms with Crippen LogP contribution in [0.25, 0.3) is 0 Å². The number of benzene rings is 2. The Bertz CT molecular complexity index is 528. The first-order valence-electron chi connectivity index (χ1n) is 5.40. The Hall–Kier alpha value is -1.19. The molecule has 0 aliphatic heterocycles. The van der Waals surface area contributed by atoms with E-state index in [9.17, 15) is 4.39 Å². The molecule has 0 bridgehead atoms. The molecule has 0 aromatic heterocycles. The largest absolute Gasteiger partial charge is 0.454 e. The maximum atomic E-state index is 13.7. The van der Waals surface area contributed by atoms with Crippen LogP contribution >= 0.6 is 23.4 Å². The van der Waals surface area contributed by atoms with Gasteiger partial charge in [0.15, 0.2) is 11.6 Å². The maximum Gasteiger partial charge on any atom is 0.167 e. The number of hydrogen-bond donors (Lipinski definition) is 0. The molecule has 0 atom stereocenters. The first kappa shape index (κ1) is 13.2. The topological polar surface area (TPSA) is 9.23 Å². The average Bonchev–Trinajstić information content (AvgIpc) is 2.42. The van der Waals surface area contributed by atoms with Crippen molar-refractivity contribution in [1.29, 1.82) is 0 Å². The minimum Gasteiger partial charge on any atom is -0.454 e. The Kier molecular flexibility index (Phi) is 4.50. The van der Waals surface area contributed by atoms with Gasteiger partial charge in [-0.05, 0) is 36.6 Å². The molecule has 0 spiro atoms. The zero-order chi connectivity index (χ0) is 13.0. The monoisotopic (exact) mass is 282 g/mol. The van der Waals surface area contributed by atoms with Gasteiger partial charge in [0.2, 0.25) is 0 Å². The Balaban J connectivity index is 2.27. The fourth-order valence-corrected chi connectivity index (χ4v) is 2.15. The van der Waals surface area contributed by atoms with Gasteiger partial charge in [0.25, 0.3) is 0 Å². The van der Waals surface area contributed by atoms with Crippen molar-refractivity contribution in [1.82, 2.24) is 0 Å². The lowest BCUT2D eigenvalue weighted by atomic mass is 10.2. The Morgan fingerprint density at radius 2 is 1.89 bits per heavy atom.